The Balaban J connectivity index is 2.59. The molecule has 0 radical (unpaired) electrons. The molecule has 0 bridgehead atoms. The maximum Gasteiger partial charge on any atom is 0.488 e. The molecule has 0 spiro atoms. The molecule has 0 atom stereocenters. The van der Waals surface area contributed by atoms with Crippen LogP contribution < -0.4 is 10.2 Å². The predicted octanol–water partition coefficient (Wildman–Crippen LogP) is -0.681. The third-order valence-corrected chi connectivity index (χ3v) is 3.20. The second-order valence-electron chi connectivity index (χ2n) is 3.90. The molecule has 100 valence electrons. The van der Waals surface area contributed by atoms with Crippen molar-refractivity contribution >= 4 is 22.4 Å². The smallest absolute Gasteiger partial charge is 0.488 e. The highest BCUT2D eigenvalue weighted by Gasteiger charge is 2.14. The largest absolute Gasteiger partial charge is 0.491 e. The van der Waals surface area contributed by atoms with E-state index in [0.717, 1.165) is 12.3 Å². The molecule has 8 heteroatoms. The summed E-state index contributed by atoms with van der Waals surface area (Å²) in [5.74, 6) is -0.815. The Bertz CT molecular complexity index is 503. The van der Waals surface area contributed by atoms with Crippen LogP contribution in [0.25, 0.3) is 0 Å². The molecule has 0 fully saturated rings. The zero-order valence-electron chi connectivity index (χ0n) is 9.84. The van der Waals surface area contributed by atoms with E-state index >= 15 is 0 Å². The fourth-order valence-electron chi connectivity index (χ4n) is 1.29. The van der Waals surface area contributed by atoms with Crippen LogP contribution in [0.3, 0.4) is 0 Å². The normalized spacial score (nSPS) is 11.3. The fourth-order valence-corrected chi connectivity index (χ4v) is 1.94. The summed E-state index contributed by atoms with van der Waals surface area (Å²) in [5, 5.41) is 17.8. The van der Waals surface area contributed by atoms with Crippen LogP contribution in [0.2, 0.25) is 0 Å². The number of hydrogen-bond acceptors (Lipinski definition) is 5. The zero-order valence-corrected chi connectivity index (χ0v) is 10.7. The second-order valence-corrected chi connectivity index (χ2v) is 6.16. The Morgan fingerprint density at radius 3 is 2.61 bits per heavy atom. The molecule has 0 unspecified atom stereocenters. The van der Waals surface area contributed by atoms with E-state index < -0.39 is 22.8 Å². The van der Waals surface area contributed by atoms with Crippen molar-refractivity contribution < 1.29 is 27.6 Å². The van der Waals surface area contributed by atoms with Crippen LogP contribution in [-0.4, -0.2) is 44.2 Å². The number of halogens is 1. The van der Waals surface area contributed by atoms with Crippen LogP contribution in [0.4, 0.5) is 4.39 Å². The lowest BCUT2D eigenvalue weighted by Gasteiger charge is -2.08. The van der Waals surface area contributed by atoms with Crippen LogP contribution in [0, 0.1) is 5.82 Å². The Morgan fingerprint density at radius 2 is 2.06 bits per heavy atom. The first kappa shape index (κ1) is 14.9. The predicted molar refractivity (Wildman–Crippen MR) is 66.0 cm³/mol. The number of rotatable bonds is 6. The first-order chi connectivity index (χ1) is 8.29. The summed E-state index contributed by atoms with van der Waals surface area (Å²) in [6.45, 7) is 0.0367. The van der Waals surface area contributed by atoms with Crippen LogP contribution in [0.15, 0.2) is 18.2 Å². The lowest BCUT2D eigenvalue weighted by atomic mass is 9.80. The molecular formula is C10H14BFO5S. The van der Waals surface area contributed by atoms with Crippen LogP contribution in [-0.2, 0) is 9.84 Å². The van der Waals surface area contributed by atoms with Crippen LogP contribution in [0.1, 0.15) is 6.42 Å². The Morgan fingerprint density at radius 1 is 1.39 bits per heavy atom. The van der Waals surface area contributed by atoms with E-state index in [0.29, 0.717) is 0 Å². The maximum absolute atomic E-state index is 13.3. The van der Waals surface area contributed by atoms with E-state index in [1.165, 1.54) is 12.1 Å². The zero-order chi connectivity index (χ0) is 13.8. The summed E-state index contributed by atoms with van der Waals surface area (Å²) in [6.07, 6.45) is 1.35. The van der Waals surface area contributed by atoms with Crippen molar-refractivity contribution in [3.63, 3.8) is 0 Å². The quantitative estimate of drug-likeness (QED) is 0.531. The van der Waals surface area contributed by atoms with Gasteiger partial charge in [-0.25, -0.2) is 12.8 Å². The number of ether oxygens (including phenoxy) is 1. The van der Waals surface area contributed by atoms with Crippen molar-refractivity contribution in [3.8, 4) is 5.75 Å². The van der Waals surface area contributed by atoms with E-state index in [9.17, 15) is 12.8 Å². The van der Waals surface area contributed by atoms with Gasteiger partial charge in [-0.3, -0.25) is 0 Å². The molecule has 1 aromatic rings. The second kappa shape index (κ2) is 6.17. The Kier molecular flexibility index (Phi) is 5.12. The molecule has 0 aromatic heterocycles. The van der Waals surface area contributed by atoms with Gasteiger partial charge in [-0.15, -0.1) is 0 Å². The van der Waals surface area contributed by atoms with Gasteiger partial charge in [-0.05, 0) is 24.0 Å². The molecule has 0 aliphatic carbocycles. The van der Waals surface area contributed by atoms with Gasteiger partial charge in [0, 0.05) is 6.26 Å². The minimum absolute atomic E-state index is 0.0367. The molecule has 18 heavy (non-hydrogen) atoms. The van der Waals surface area contributed by atoms with Crippen molar-refractivity contribution in [2.24, 2.45) is 0 Å². The van der Waals surface area contributed by atoms with Gasteiger partial charge in [-0.1, -0.05) is 6.07 Å². The van der Waals surface area contributed by atoms with Crippen molar-refractivity contribution in [2.45, 2.75) is 6.42 Å². The molecular weight excluding hydrogens is 262 g/mol. The van der Waals surface area contributed by atoms with Gasteiger partial charge in [0.15, 0.2) is 11.6 Å². The summed E-state index contributed by atoms with van der Waals surface area (Å²) < 4.78 is 40.1. The molecule has 1 aromatic carbocycles. The highest BCUT2D eigenvalue weighted by Crippen LogP contribution is 2.14. The Hall–Kier alpha value is -1.12. The topological polar surface area (TPSA) is 83.8 Å². The number of sulfone groups is 1. The molecule has 2 N–H and O–H groups in total. The molecule has 0 heterocycles. The van der Waals surface area contributed by atoms with Gasteiger partial charge in [0.25, 0.3) is 0 Å². The van der Waals surface area contributed by atoms with Gasteiger partial charge < -0.3 is 14.8 Å². The van der Waals surface area contributed by atoms with E-state index in [1.54, 1.807) is 0 Å². The Labute approximate surface area is 105 Å². The summed E-state index contributed by atoms with van der Waals surface area (Å²) in [6, 6.07) is 3.45. The third kappa shape index (κ3) is 5.03. The minimum atomic E-state index is -3.06. The first-order valence-corrected chi connectivity index (χ1v) is 7.32. The minimum Gasteiger partial charge on any atom is -0.491 e. The molecule has 1 rings (SSSR count). The van der Waals surface area contributed by atoms with E-state index in [1.807, 2.05) is 0 Å². The van der Waals surface area contributed by atoms with Crippen molar-refractivity contribution in [3.05, 3.63) is 24.0 Å². The van der Waals surface area contributed by atoms with Crippen molar-refractivity contribution in [1.82, 2.24) is 0 Å². The average molecular weight is 276 g/mol. The molecule has 0 saturated carbocycles. The van der Waals surface area contributed by atoms with Gasteiger partial charge in [0.2, 0.25) is 0 Å². The van der Waals surface area contributed by atoms with Crippen molar-refractivity contribution in [1.29, 1.82) is 0 Å². The lowest BCUT2D eigenvalue weighted by molar-refractivity contribution is 0.301. The van der Waals surface area contributed by atoms with Gasteiger partial charge in [-0.2, -0.15) is 0 Å². The van der Waals surface area contributed by atoms with Crippen LogP contribution >= 0.6 is 0 Å². The number of hydrogen-bond donors (Lipinski definition) is 2. The van der Waals surface area contributed by atoms with Crippen LogP contribution in [0.5, 0.6) is 5.75 Å². The maximum atomic E-state index is 13.3. The average Bonchev–Trinajstić information content (AvgIpc) is 2.24. The monoisotopic (exact) mass is 276 g/mol. The molecule has 0 saturated heterocycles. The summed E-state index contributed by atoms with van der Waals surface area (Å²) in [4.78, 5) is 0. The van der Waals surface area contributed by atoms with Gasteiger partial charge in [0.05, 0.1) is 12.4 Å². The van der Waals surface area contributed by atoms with Gasteiger partial charge >= 0.3 is 7.12 Å². The van der Waals surface area contributed by atoms with E-state index in [4.69, 9.17) is 14.8 Å². The molecule has 0 aliphatic rings. The van der Waals surface area contributed by atoms with Crippen molar-refractivity contribution in [2.75, 3.05) is 18.6 Å². The fraction of sp³-hybridized carbons (Fsp3) is 0.400. The SMILES string of the molecule is CS(=O)(=O)CCCOc1cc(B(O)O)ccc1F. The summed E-state index contributed by atoms with van der Waals surface area (Å²) >= 11 is 0. The molecule has 0 amide bonds. The first-order valence-electron chi connectivity index (χ1n) is 5.26. The lowest BCUT2D eigenvalue weighted by Crippen LogP contribution is -2.29. The van der Waals surface area contributed by atoms with E-state index in [-0.39, 0.29) is 30.0 Å². The number of benzene rings is 1. The summed E-state index contributed by atoms with van der Waals surface area (Å²) in [5.41, 5.74) is 0.106. The van der Waals surface area contributed by atoms with E-state index in [2.05, 4.69) is 0 Å². The standard InChI is InChI=1S/C10H14BFO5S/c1-18(15,16)6-2-5-17-10-7-8(11(13)14)3-4-9(10)12/h3-4,7,13-14H,2,5-6H2,1H3. The highest BCUT2D eigenvalue weighted by atomic mass is 32.2. The summed E-state index contributed by atoms with van der Waals surface area (Å²) in [7, 11) is -4.77. The molecule has 5 nitrogen and oxygen atoms in total. The van der Waals surface area contributed by atoms with Gasteiger partial charge in [0.1, 0.15) is 9.84 Å². The highest BCUT2D eigenvalue weighted by molar-refractivity contribution is 7.90. The third-order valence-electron chi connectivity index (χ3n) is 2.17. The molecule has 0 aliphatic heterocycles.